The zero-order valence-electron chi connectivity index (χ0n) is 9.14. The van der Waals surface area contributed by atoms with Gasteiger partial charge in [-0.2, -0.15) is 13.2 Å². The number of nitrogens with zero attached hydrogens (tertiary/aromatic N) is 2. The van der Waals surface area contributed by atoms with Gasteiger partial charge in [0, 0.05) is 32.2 Å². The molecule has 0 aromatic carbocycles. The lowest BCUT2D eigenvalue weighted by molar-refractivity contribution is -0.114. The highest BCUT2D eigenvalue weighted by Crippen LogP contribution is 2.27. The average Bonchev–Trinajstić information content (AvgIpc) is 2.15. The summed E-state index contributed by atoms with van der Waals surface area (Å²) in [5, 5.41) is 0. The Hall–Kier alpha value is -0.710. The van der Waals surface area contributed by atoms with Crippen LogP contribution in [0.4, 0.5) is 13.2 Å². The molecule has 0 aromatic rings. The third-order valence-electron chi connectivity index (χ3n) is 2.75. The summed E-state index contributed by atoms with van der Waals surface area (Å²) in [6, 6.07) is 0.395. The molecule has 0 unspecified atom stereocenters. The molecular formula is C10H17F3N2. The lowest BCUT2D eigenvalue weighted by atomic mass is 10.2. The molecule has 0 N–H and O–H groups in total. The molecule has 1 aliphatic heterocycles. The normalized spacial score (nSPS) is 19.7. The van der Waals surface area contributed by atoms with Gasteiger partial charge in [-0.3, -0.25) is 4.90 Å². The number of rotatable bonds is 2. The van der Waals surface area contributed by atoms with Crippen LogP contribution < -0.4 is 0 Å². The molecule has 0 aromatic heterocycles. The van der Waals surface area contributed by atoms with Crippen LogP contribution in [-0.2, 0) is 0 Å². The molecule has 0 saturated carbocycles. The van der Waals surface area contributed by atoms with E-state index in [1.54, 1.807) is 0 Å². The van der Waals surface area contributed by atoms with Crippen molar-refractivity contribution in [3.05, 3.63) is 12.3 Å². The molecule has 0 aliphatic carbocycles. The molecular weight excluding hydrogens is 205 g/mol. The average molecular weight is 222 g/mol. The minimum absolute atomic E-state index is 0.395. The van der Waals surface area contributed by atoms with Crippen molar-refractivity contribution in [3.8, 4) is 0 Å². The maximum absolute atomic E-state index is 12.3. The highest BCUT2D eigenvalue weighted by atomic mass is 19.4. The summed E-state index contributed by atoms with van der Waals surface area (Å²) in [5.41, 5.74) is -0.717. The van der Waals surface area contributed by atoms with Gasteiger partial charge in [0.2, 0.25) is 0 Å². The van der Waals surface area contributed by atoms with E-state index in [-0.39, 0.29) is 0 Å². The molecule has 0 radical (unpaired) electrons. The predicted molar refractivity (Wildman–Crippen MR) is 53.5 cm³/mol. The van der Waals surface area contributed by atoms with Gasteiger partial charge in [-0.05, 0) is 13.8 Å². The van der Waals surface area contributed by atoms with Crippen molar-refractivity contribution in [2.24, 2.45) is 0 Å². The van der Waals surface area contributed by atoms with Crippen LogP contribution in [0.25, 0.3) is 0 Å². The molecule has 1 fully saturated rings. The Bertz CT molecular complexity index is 227. The van der Waals surface area contributed by atoms with E-state index in [2.05, 4.69) is 11.5 Å². The van der Waals surface area contributed by atoms with Gasteiger partial charge < -0.3 is 4.90 Å². The molecule has 1 saturated heterocycles. The van der Waals surface area contributed by atoms with E-state index in [1.807, 2.05) is 13.8 Å². The van der Waals surface area contributed by atoms with E-state index in [0.717, 1.165) is 0 Å². The minimum atomic E-state index is -4.29. The number of alkyl halides is 3. The summed E-state index contributed by atoms with van der Waals surface area (Å²) in [6.07, 6.45) is -4.29. The number of halogens is 3. The summed E-state index contributed by atoms with van der Waals surface area (Å²) in [5.74, 6) is 0. The van der Waals surface area contributed by atoms with Crippen molar-refractivity contribution < 1.29 is 13.2 Å². The fourth-order valence-corrected chi connectivity index (χ4v) is 1.69. The van der Waals surface area contributed by atoms with Gasteiger partial charge in [0.25, 0.3) is 0 Å². The lowest BCUT2D eigenvalue weighted by Crippen LogP contribution is -2.49. The smallest absolute Gasteiger partial charge is 0.365 e. The van der Waals surface area contributed by atoms with Crippen LogP contribution in [0.1, 0.15) is 13.8 Å². The molecule has 1 aliphatic rings. The second kappa shape index (κ2) is 4.43. The molecule has 0 spiro atoms. The quantitative estimate of drug-likeness (QED) is 0.706. The monoisotopic (exact) mass is 222 g/mol. The Balaban J connectivity index is 2.48. The largest absolute Gasteiger partial charge is 0.430 e. The van der Waals surface area contributed by atoms with Crippen LogP contribution in [0.15, 0.2) is 12.3 Å². The molecule has 5 heteroatoms. The Labute approximate surface area is 88.3 Å². The molecule has 1 heterocycles. The van der Waals surface area contributed by atoms with Gasteiger partial charge in [-0.1, -0.05) is 6.58 Å². The Morgan fingerprint density at radius 3 is 1.93 bits per heavy atom. The molecule has 1 rings (SSSR count). The van der Waals surface area contributed by atoms with Crippen LogP contribution in [-0.4, -0.2) is 48.2 Å². The summed E-state index contributed by atoms with van der Waals surface area (Å²) in [4.78, 5) is 3.49. The number of allylic oxidation sites excluding steroid dienone is 1. The molecule has 0 atom stereocenters. The van der Waals surface area contributed by atoms with Gasteiger partial charge in [-0.15, -0.1) is 0 Å². The van der Waals surface area contributed by atoms with E-state index < -0.39 is 11.9 Å². The summed E-state index contributed by atoms with van der Waals surface area (Å²) >= 11 is 0. The van der Waals surface area contributed by atoms with Gasteiger partial charge in [0.15, 0.2) is 0 Å². The minimum Gasteiger partial charge on any atom is -0.365 e. The molecule has 15 heavy (non-hydrogen) atoms. The van der Waals surface area contributed by atoms with Gasteiger partial charge in [-0.25, -0.2) is 0 Å². The standard InChI is InChI=1S/C10H17F3N2/c1-8(2)14-4-6-15(7-5-14)9(3)10(11,12)13/h8H,3-7H2,1-2H3. The third-order valence-corrected chi connectivity index (χ3v) is 2.75. The Morgan fingerprint density at radius 2 is 1.60 bits per heavy atom. The summed E-state index contributed by atoms with van der Waals surface area (Å²) < 4.78 is 37.0. The summed E-state index contributed by atoms with van der Waals surface area (Å²) in [6.45, 7) is 9.37. The highest BCUT2D eigenvalue weighted by molar-refractivity contribution is 5.03. The molecule has 88 valence electrons. The maximum atomic E-state index is 12.3. The van der Waals surface area contributed by atoms with Crippen LogP contribution in [0.2, 0.25) is 0 Å². The van der Waals surface area contributed by atoms with Crippen molar-refractivity contribution in [2.75, 3.05) is 26.2 Å². The fraction of sp³-hybridized carbons (Fsp3) is 0.800. The lowest BCUT2D eigenvalue weighted by Gasteiger charge is -2.39. The first kappa shape index (κ1) is 12.4. The topological polar surface area (TPSA) is 6.48 Å². The zero-order chi connectivity index (χ0) is 11.6. The third kappa shape index (κ3) is 3.12. The molecule has 2 nitrogen and oxygen atoms in total. The maximum Gasteiger partial charge on any atom is 0.430 e. The highest BCUT2D eigenvalue weighted by Gasteiger charge is 2.36. The van der Waals surface area contributed by atoms with Crippen molar-refractivity contribution >= 4 is 0 Å². The van der Waals surface area contributed by atoms with E-state index in [1.165, 1.54) is 4.90 Å². The summed E-state index contributed by atoms with van der Waals surface area (Å²) in [7, 11) is 0. The first-order valence-corrected chi connectivity index (χ1v) is 5.07. The van der Waals surface area contributed by atoms with E-state index in [0.29, 0.717) is 32.2 Å². The van der Waals surface area contributed by atoms with Crippen molar-refractivity contribution in [3.63, 3.8) is 0 Å². The van der Waals surface area contributed by atoms with Gasteiger partial charge in [0.1, 0.15) is 5.70 Å². The van der Waals surface area contributed by atoms with Crippen molar-refractivity contribution in [2.45, 2.75) is 26.1 Å². The van der Waals surface area contributed by atoms with E-state index in [4.69, 9.17) is 0 Å². The fourth-order valence-electron chi connectivity index (χ4n) is 1.69. The second-order valence-corrected chi connectivity index (χ2v) is 4.06. The van der Waals surface area contributed by atoms with Gasteiger partial charge >= 0.3 is 6.18 Å². The van der Waals surface area contributed by atoms with E-state index in [9.17, 15) is 13.2 Å². The van der Waals surface area contributed by atoms with Crippen LogP contribution in [0, 0.1) is 0 Å². The zero-order valence-corrected chi connectivity index (χ0v) is 9.14. The SMILES string of the molecule is C=C(N1CCN(C(C)C)CC1)C(F)(F)F. The van der Waals surface area contributed by atoms with E-state index >= 15 is 0 Å². The predicted octanol–water partition coefficient (Wildman–Crippen LogP) is 2.09. The van der Waals surface area contributed by atoms with Crippen LogP contribution >= 0.6 is 0 Å². The first-order chi connectivity index (χ1) is 6.82. The molecule has 0 bridgehead atoms. The second-order valence-electron chi connectivity index (χ2n) is 4.06. The number of hydrogen-bond donors (Lipinski definition) is 0. The first-order valence-electron chi connectivity index (χ1n) is 5.07. The Kier molecular flexibility index (Phi) is 3.65. The Morgan fingerprint density at radius 1 is 1.13 bits per heavy atom. The number of hydrogen-bond acceptors (Lipinski definition) is 2. The number of piperazine rings is 1. The van der Waals surface area contributed by atoms with Gasteiger partial charge in [0.05, 0.1) is 0 Å². The van der Waals surface area contributed by atoms with Crippen molar-refractivity contribution in [1.29, 1.82) is 0 Å². The van der Waals surface area contributed by atoms with Crippen molar-refractivity contribution in [1.82, 2.24) is 9.80 Å². The van der Waals surface area contributed by atoms with Crippen LogP contribution in [0.3, 0.4) is 0 Å². The molecule has 0 amide bonds. The van der Waals surface area contributed by atoms with Crippen LogP contribution in [0.5, 0.6) is 0 Å².